The second-order valence-corrected chi connectivity index (χ2v) is 6.49. The molecule has 2 nitrogen and oxygen atoms in total. The molecule has 0 amide bonds. The lowest BCUT2D eigenvalue weighted by atomic mass is 10.1. The van der Waals surface area contributed by atoms with Crippen molar-refractivity contribution in [3.05, 3.63) is 0 Å². The molecule has 0 aromatic rings. The van der Waals surface area contributed by atoms with Crippen molar-refractivity contribution in [2.75, 3.05) is 19.6 Å². The standard InChI is InChI=1S/C19H42N2/c1-2-3-4-5-6-7-8-9-10-11-12-15-18-21-19-16-13-14-17-20/h21H,2-20H2,1H3. The van der Waals surface area contributed by atoms with Crippen molar-refractivity contribution in [1.29, 1.82) is 0 Å². The van der Waals surface area contributed by atoms with Crippen LogP contribution in [0.2, 0.25) is 0 Å². The molecule has 0 saturated heterocycles. The monoisotopic (exact) mass is 298 g/mol. The van der Waals surface area contributed by atoms with E-state index in [4.69, 9.17) is 5.73 Å². The Kier molecular flexibility index (Phi) is 19.8. The SMILES string of the molecule is CCCCCCCCCCCCCCNCCCCCN. The Balaban J connectivity index is 2.90. The fourth-order valence-electron chi connectivity index (χ4n) is 2.79. The first-order valence-corrected chi connectivity index (χ1v) is 9.82. The lowest BCUT2D eigenvalue weighted by Crippen LogP contribution is -2.16. The number of hydrogen-bond donors (Lipinski definition) is 2. The molecule has 0 aromatic carbocycles. The van der Waals surface area contributed by atoms with Gasteiger partial charge in [0.05, 0.1) is 0 Å². The maximum Gasteiger partial charge on any atom is -0.00489 e. The van der Waals surface area contributed by atoms with Crippen molar-refractivity contribution in [3.8, 4) is 0 Å². The van der Waals surface area contributed by atoms with Crippen molar-refractivity contribution in [1.82, 2.24) is 5.32 Å². The summed E-state index contributed by atoms with van der Waals surface area (Å²) in [6, 6.07) is 0. The molecule has 0 aliphatic carbocycles. The van der Waals surface area contributed by atoms with E-state index in [9.17, 15) is 0 Å². The van der Waals surface area contributed by atoms with Crippen LogP contribution in [0.1, 0.15) is 103 Å². The number of rotatable bonds is 18. The molecule has 0 aromatic heterocycles. The number of unbranched alkanes of at least 4 members (excludes halogenated alkanes) is 13. The molecule has 2 heteroatoms. The molecule has 0 saturated carbocycles. The number of hydrogen-bond acceptors (Lipinski definition) is 2. The Morgan fingerprint density at radius 2 is 0.905 bits per heavy atom. The normalized spacial score (nSPS) is 11.1. The Morgan fingerprint density at radius 3 is 1.33 bits per heavy atom. The summed E-state index contributed by atoms with van der Waals surface area (Å²) in [5, 5.41) is 3.54. The lowest BCUT2D eigenvalue weighted by molar-refractivity contribution is 0.531. The van der Waals surface area contributed by atoms with Crippen LogP contribution in [-0.4, -0.2) is 19.6 Å². The van der Waals surface area contributed by atoms with E-state index in [1.807, 2.05) is 0 Å². The van der Waals surface area contributed by atoms with Gasteiger partial charge in [0.1, 0.15) is 0 Å². The Labute approximate surface area is 134 Å². The third kappa shape index (κ3) is 19.9. The van der Waals surface area contributed by atoms with Gasteiger partial charge in [0.25, 0.3) is 0 Å². The lowest BCUT2D eigenvalue weighted by Gasteiger charge is -2.05. The summed E-state index contributed by atoms with van der Waals surface area (Å²) in [4.78, 5) is 0. The van der Waals surface area contributed by atoms with Gasteiger partial charge >= 0.3 is 0 Å². The summed E-state index contributed by atoms with van der Waals surface area (Å²) in [5.74, 6) is 0. The van der Waals surface area contributed by atoms with Crippen molar-refractivity contribution in [3.63, 3.8) is 0 Å². The molecule has 0 atom stereocenters. The van der Waals surface area contributed by atoms with Gasteiger partial charge < -0.3 is 11.1 Å². The molecule has 0 heterocycles. The largest absolute Gasteiger partial charge is 0.330 e. The van der Waals surface area contributed by atoms with Gasteiger partial charge in [0.2, 0.25) is 0 Å². The third-order valence-corrected chi connectivity index (χ3v) is 4.26. The van der Waals surface area contributed by atoms with Crippen molar-refractivity contribution in [2.45, 2.75) is 103 Å². The molecule has 0 fully saturated rings. The predicted molar refractivity (Wildman–Crippen MR) is 96.9 cm³/mol. The highest BCUT2D eigenvalue weighted by atomic mass is 14.8. The van der Waals surface area contributed by atoms with Crippen LogP contribution in [0.3, 0.4) is 0 Å². The van der Waals surface area contributed by atoms with Crippen LogP contribution in [-0.2, 0) is 0 Å². The summed E-state index contributed by atoms with van der Waals surface area (Å²) < 4.78 is 0. The van der Waals surface area contributed by atoms with Crippen LogP contribution in [0.4, 0.5) is 0 Å². The van der Waals surface area contributed by atoms with Crippen LogP contribution in [0, 0.1) is 0 Å². The van der Waals surface area contributed by atoms with Gasteiger partial charge in [-0.05, 0) is 38.9 Å². The van der Waals surface area contributed by atoms with Crippen molar-refractivity contribution in [2.24, 2.45) is 5.73 Å². The zero-order chi connectivity index (χ0) is 15.4. The summed E-state index contributed by atoms with van der Waals surface area (Å²) >= 11 is 0. The maximum absolute atomic E-state index is 5.47. The minimum atomic E-state index is 0.846. The Hall–Kier alpha value is -0.0800. The molecule has 0 rings (SSSR count). The second-order valence-electron chi connectivity index (χ2n) is 6.49. The molecule has 0 aliphatic heterocycles. The fraction of sp³-hybridized carbons (Fsp3) is 1.00. The van der Waals surface area contributed by atoms with Crippen LogP contribution < -0.4 is 11.1 Å². The highest BCUT2D eigenvalue weighted by Crippen LogP contribution is 2.11. The van der Waals surface area contributed by atoms with Gasteiger partial charge in [-0.1, -0.05) is 84.0 Å². The first-order chi connectivity index (χ1) is 10.4. The summed E-state index contributed by atoms with van der Waals surface area (Å²) in [5.41, 5.74) is 5.47. The summed E-state index contributed by atoms with van der Waals surface area (Å²) in [7, 11) is 0. The van der Waals surface area contributed by atoms with E-state index in [0.29, 0.717) is 0 Å². The highest BCUT2D eigenvalue weighted by Gasteiger charge is 1.94. The average Bonchev–Trinajstić information content (AvgIpc) is 2.50. The summed E-state index contributed by atoms with van der Waals surface area (Å²) in [6.45, 7) is 5.52. The average molecular weight is 299 g/mol. The first-order valence-electron chi connectivity index (χ1n) is 9.82. The van der Waals surface area contributed by atoms with Crippen molar-refractivity contribution < 1.29 is 0 Å². The molecule has 0 radical (unpaired) electrons. The van der Waals surface area contributed by atoms with Gasteiger partial charge in [-0.2, -0.15) is 0 Å². The van der Waals surface area contributed by atoms with E-state index >= 15 is 0 Å². The van der Waals surface area contributed by atoms with Crippen LogP contribution in [0.5, 0.6) is 0 Å². The molecule has 0 spiro atoms. The minimum Gasteiger partial charge on any atom is -0.330 e. The Morgan fingerprint density at radius 1 is 0.524 bits per heavy atom. The Bertz CT molecular complexity index is 153. The van der Waals surface area contributed by atoms with Gasteiger partial charge in [0, 0.05) is 0 Å². The van der Waals surface area contributed by atoms with E-state index in [2.05, 4.69) is 12.2 Å². The van der Waals surface area contributed by atoms with Crippen molar-refractivity contribution >= 4 is 0 Å². The predicted octanol–water partition coefficient (Wildman–Crippen LogP) is 5.41. The van der Waals surface area contributed by atoms with E-state index in [1.54, 1.807) is 0 Å². The van der Waals surface area contributed by atoms with Gasteiger partial charge in [-0.3, -0.25) is 0 Å². The maximum atomic E-state index is 5.47. The van der Waals surface area contributed by atoms with Gasteiger partial charge in [-0.25, -0.2) is 0 Å². The highest BCUT2D eigenvalue weighted by molar-refractivity contribution is 4.52. The molecule has 128 valence electrons. The zero-order valence-corrected chi connectivity index (χ0v) is 14.8. The quantitative estimate of drug-likeness (QED) is 0.332. The smallest absolute Gasteiger partial charge is 0.00489 e. The number of nitrogens with one attached hydrogen (secondary N) is 1. The molecule has 0 aliphatic rings. The minimum absolute atomic E-state index is 0.846. The van der Waals surface area contributed by atoms with E-state index in [-0.39, 0.29) is 0 Å². The molecule has 0 unspecified atom stereocenters. The van der Waals surface area contributed by atoms with Crippen LogP contribution in [0.15, 0.2) is 0 Å². The molecule has 21 heavy (non-hydrogen) atoms. The topological polar surface area (TPSA) is 38.0 Å². The zero-order valence-electron chi connectivity index (χ0n) is 14.8. The fourth-order valence-corrected chi connectivity index (χ4v) is 2.79. The second kappa shape index (κ2) is 19.9. The van der Waals surface area contributed by atoms with Gasteiger partial charge in [0.15, 0.2) is 0 Å². The van der Waals surface area contributed by atoms with Gasteiger partial charge in [-0.15, -0.1) is 0 Å². The molecule has 0 bridgehead atoms. The summed E-state index contributed by atoms with van der Waals surface area (Å²) in [6.07, 6.45) is 21.0. The van der Waals surface area contributed by atoms with E-state index in [0.717, 1.165) is 6.54 Å². The first kappa shape index (κ1) is 20.9. The molecular weight excluding hydrogens is 256 g/mol. The van der Waals surface area contributed by atoms with Crippen LogP contribution in [0.25, 0.3) is 0 Å². The third-order valence-electron chi connectivity index (χ3n) is 4.26. The van der Waals surface area contributed by atoms with Crippen LogP contribution >= 0.6 is 0 Å². The molecular formula is C19H42N2. The molecule has 3 N–H and O–H groups in total. The van der Waals surface area contributed by atoms with E-state index < -0.39 is 0 Å². The number of nitrogens with two attached hydrogens (primary N) is 1. The van der Waals surface area contributed by atoms with E-state index in [1.165, 1.54) is 109 Å².